The van der Waals surface area contributed by atoms with E-state index in [1.54, 1.807) is 7.11 Å². The molecular formula is C29H29ClN4OS. The molecule has 0 amide bonds. The third-order valence-corrected chi connectivity index (χ3v) is 7.50. The van der Waals surface area contributed by atoms with E-state index in [0.717, 1.165) is 44.2 Å². The van der Waals surface area contributed by atoms with Gasteiger partial charge in [0.05, 0.1) is 24.9 Å². The molecule has 0 spiro atoms. The molecule has 4 aromatic rings. The first-order chi connectivity index (χ1) is 17.4. The van der Waals surface area contributed by atoms with Crippen LogP contribution in [0.15, 0.2) is 72.9 Å². The Kier molecular flexibility index (Phi) is 6.73. The summed E-state index contributed by atoms with van der Waals surface area (Å²) in [6.07, 6.45) is 1.84. The van der Waals surface area contributed by atoms with Crippen molar-refractivity contribution in [1.82, 2.24) is 19.8 Å². The molecule has 1 saturated heterocycles. The highest BCUT2D eigenvalue weighted by Gasteiger charge is 2.41. The molecule has 1 aliphatic rings. The summed E-state index contributed by atoms with van der Waals surface area (Å²) in [4.78, 5) is 6.96. The number of hydrogen-bond donors (Lipinski definition) is 1. The Morgan fingerprint density at radius 3 is 2.50 bits per heavy atom. The van der Waals surface area contributed by atoms with Crippen LogP contribution < -0.4 is 10.1 Å². The Morgan fingerprint density at radius 1 is 1.03 bits per heavy atom. The van der Waals surface area contributed by atoms with Crippen molar-refractivity contribution in [2.45, 2.75) is 39.4 Å². The number of pyridine rings is 1. The van der Waals surface area contributed by atoms with Crippen molar-refractivity contribution < 1.29 is 4.74 Å². The van der Waals surface area contributed by atoms with Crippen LogP contribution in [-0.4, -0.2) is 26.7 Å². The summed E-state index contributed by atoms with van der Waals surface area (Å²) in [5.41, 5.74) is 7.91. The number of rotatable bonds is 6. The maximum absolute atomic E-state index is 6.40. The van der Waals surface area contributed by atoms with Gasteiger partial charge in [-0.1, -0.05) is 35.9 Å². The summed E-state index contributed by atoms with van der Waals surface area (Å²) in [5.74, 6) is 0.837. The molecule has 0 aliphatic carbocycles. The molecule has 5 rings (SSSR count). The zero-order valence-electron chi connectivity index (χ0n) is 20.8. The van der Waals surface area contributed by atoms with Crippen LogP contribution in [0.1, 0.15) is 45.9 Å². The van der Waals surface area contributed by atoms with Gasteiger partial charge in [0.25, 0.3) is 0 Å². The van der Waals surface area contributed by atoms with Gasteiger partial charge in [-0.05, 0) is 92.1 Å². The molecule has 36 heavy (non-hydrogen) atoms. The quantitative estimate of drug-likeness (QED) is 0.291. The Hall–Kier alpha value is -3.35. The Balaban J connectivity index is 1.61. The van der Waals surface area contributed by atoms with Crippen LogP contribution in [0, 0.1) is 20.8 Å². The minimum absolute atomic E-state index is 0.0334. The number of aryl methyl sites for hydroxylation is 2. The van der Waals surface area contributed by atoms with Crippen molar-refractivity contribution in [1.29, 1.82) is 0 Å². The van der Waals surface area contributed by atoms with Gasteiger partial charge >= 0.3 is 0 Å². The molecule has 2 aromatic carbocycles. The lowest BCUT2D eigenvalue weighted by molar-refractivity contribution is 0.310. The van der Waals surface area contributed by atoms with Crippen LogP contribution in [0.3, 0.4) is 0 Å². The first kappa shape index (κ1) is 24.3. The molecule has 184 valence electrons. The topological polar surface area (TPSA) is 42.3 Å². The molecule has 3 heterocycles. The van der Waals surface area contributed by atoms with E-state index in [9.17, 15) is 0 Å². The van der Waals surface area contributed by atoms with Crippen LogP contribution in [-0.2, 0) is 6.54 Å². The smallest absolute Gasteiger partial charge is 0.170 e. The molecule has 7 heteroatoms. The molecule has 1 N–H and O–H groups in total. The lowest BCUT2D eigenvalue weighted by atomic mass is 9.96. The summed E-state index contributed by atoms with van der Waals surface area (Å²) in [6, 6.07) is 22.4. The van der Waals surface area contributed by atoms with E-state index in [-0.39, 0.29) is 12.1 Å². The fraction of sp³-hybridized carbons (Fsp3) is 0.241. The SMILES string of the molecule is COc1ccc(CN2C(=S)N[C@@H](c3ccccn3)[C@H]2c2cc(C)n(-c3cc(Cl)ccc3C)c2C)cc1. The average Bonchev–Trinajstić information content (AvgIpc) is 3.36. The minimum Gasteiger partial charge on any atom is -0.497 e. The van der Waals surface area contributed by atoms with Crippen LogP contribution in [0.5, 0.6) is 5.75 Å². The summed E-state index contributed by atoms with van der Waals surface area (Å²) >= 11 is 12.3. The highest BCUT2D eigenvalue weighted by atomic mass is 35.5. The van der Waals surface area contributed by atoms with Crippen molar-refractivity contribution in [3.8, 4) is 11.4 Å². The molecule has 5 nitrogen and oxygen atoms in total. The van der Waals surface area contributed by atoms with Crippen LogP contribution >= 0.6 is 23.8 Å². The molecular weight excluding hydrogens is 488 g/mol. The van der Waals surface area contributed by atoms with Gasteiger partial charge in [0.15, 0.2) is 5.11 Å². The molecule has 2 aromatic heterocycles. The maximum atomic E-state index is 6.40. The third-order valence-electron chi connectivity index (χ3n) is 6.91. The number of methoxy groups -OCH3 is 1. The third kappa shape index (κ3) is 4.47. The van der Waals surface area contributed by atoms with Gasteiger partial charge in [-0.3, -0.25) is 4.98 Å². The zero-order valence-corrected chi connectivity index (χ0v) is 22.4. The molecule has 2 atom stereocenters. The van der Waals surface area contributed by atoms with Crippen molar-refractivity contribution in [3.05, 3.63) is 112 Å². The number of ether oxygens (including phenoxy) is 1. The summed E-state index contributed by atoms with van der Waals surface area (Å²) < 4.78 is 7.64. The van der Waals surface area contributed by atoms with E-state index in [1.807, 2.05) is 42.6 Å². The summed E-state index contributed by atoms with van der Waals surface area (Å²) in [5, 5.41) is 5.01. The van der Waals surface area contributed by atoms with Gasteiger partial charge < -0.3 is 19.5 Å². The van der Waals surface area contributed by atoms with Crippen molar-refractivity contribution in [3.63, 3.8) is 0 Å². The standard InChI is InChI=1S/C29H29ClN4OS/c1-18-8-11-22(30)16-26(18)34-19(2)15-24(20(34)3)28-27(25-7-5-6-14-31-25)32-29(36)33(28)17-21-9-12-23(35-4)13-10-21/h5-16,27-28H,17H2,1-4H3,(H,32,36)/t27-,28+/m0/s1. The molecule has 0 saturated carbocycles. The van der Waals surface area contributed by atoms with Gasteiger partial charge in [-0.25, -0.2) is 0 Å². The molecule has 0 bridgehead atoms. The summed E-state index contributed by atoms with van der Waals surface area (Å²) in [7, 11) is 1.68. The van der Waals surface area contributed by atoms with Crippen LogP contribution in [0.25, 0.3) is 5.69 Å². The predicted molar refractivity (Wildman–Crippen MR) is 149 cm³/mol. The normalized spacial score (nSPS) is 17.4. The van der Waals surface area contributed by atoms with Gasteiger partial charge in [-0.15, -0.1) is 0 Å². The molecule has 1 fully saturated rings. The monoisotopic (exact) mass is 516 g/mol. The molecule has 0 unspecified atom stereocenters. The number of halogens is 1. The lowest BCUT2D eigenvalue weighted by Crippen LogP contribution is -2.29. The van der Waals surface area contributed by atoms with E-state index < -0.39 is 0 Å². The van der Waals surface area contributed by atoms with E-state index in [1.165, 1.54) is 11.1 Å². The second kappa shape index (κ2) is 9.96. The van der Waals surface area contributed by atoms with Crippen LogP contribution in [0.2, 0.25) is 5.02 Å². The number of hydrogen-bond acceptors (Lipinski definition) is 3. The Bertz CT molecular complexity index is 1400. The van der Waals surface area contributed by atoms with Crippen molar-refractivity contribution in [2.24, 2.45) is 0 Å². The number of benzene rings is 2. The fourth-order valence-corrected chi connectivity index (χ4v) is 5.59. The van der Waals surface area contributed by atoms with Gasteiger partial charge in [0.1, 0.15) is 5.75 Å². The van der Waals surface area contributed by atoms with Crippen molar-refractivity contribution in [2.75, 3.05) is 7.11 Å². The highest BCUT2D eigenvalue weighted by Crippen LogP contribution is 2.42. The van der Waals surface area contributed by atoms with Gasteiger partial charge in [0, 0.05) is 34.8 Å². The molecule has 1 aliphatic heterocycles. The number of aromatic nitrogens is 2. The largest absolute Gasteiger partial charge is 0.497 e. The van der Waals surface area contributed by atoms with Gasteiger partial charge in [0.2, 0.25) is 0 Å². The summed E-state index contributed by atoms with van der Waals surface area (Å²) in [6.45, 7) is 7.10. The minimum atomic E-state index is -0.0774. The van der Waals surface area contributed by atoms with Crippen molar-refractivity contribution >= 4 is 28.9 Å². The first-order valence-corrected chi connectivity index (χ1v) is 12.7. The lowest BCUT2D eigenvalue weighted by Gasteiger charge is -2.28. The zero-order chi connectivity index (χ0) is 25.4. The highest BCUT2D eigenvalue weighted by molar-refractivity contribution is 7.80. The maximum Gasteiger partial charge on any atom is 0.170 e. The number of nitrogens with zero attached hydrogens (tertiary/aromatic N) is 3. The fourth-order valence-electron chi connectivity index (χ4n) is 5.12. The van der Waals surface area contributed by atoms with E-state index >= 15 is 0 Å². The van der Waals surface area contributed by atoms with E-state index in [4.69, 9.17) is 28.6 Å². The number of thiocarbonyl (C=S) groups is 1. The Morgan fingerprint density at radius 2 is 1.81 bits per heavy atom. The van der Waals surface area contributed by atoms with E-state index in [2.05, 4.69) is 70.9 Å². The van der Waals surface area contributed by atoms with E-state index in [0.29, 0.717) is 6.54 Å². The molecule has 0 radical (unpaired) electrons. The first-order valence-electron chi connectivity index (χ1n) is 11.9. The number of nitrogens with one attached hydrogen (secondary N) is 1. The average molecular weight is 517 g/mol. The second-order valence-electron chi connectivity index (χ2n) is 9.20. The second-order valence-corrected chi connectivity index (χ2v) is 10.0. The van der Waals surface area contributed by atoms with Gasteiger partial charge in [-0.2, -0.15) is 0 Å². The predicted octanol–water partition coefficient (Wildman–Crippen LogP) is 6.63. The Labute approximate surface area is 222 Å². The van der Waals surface area contributed by atoms with Crippen LogP contribution in [0.4, 0.5) is 0 Å².